The molecule has 0 radical (unpaired) electrons. The maximum atomic E-state index is 13.8. The van der Waals surface area contributed by atoms with Gasteiger partial charge in [-0.05, 0) is 73.1 Å². The predicted molar refractivity (Wildman–Crippen MR) is 179 cm³/mol. The van der Waals surface area contributed by atoms with Crippen molar-refractivity contribution in [1.29, 1.82) is 0 Å². The van der Waals surface area contributed by atoms with Crippen LogP contribution in [0.2, 0.25) is 0 Å². The Morgan fingerprint density at radius 2 is 1.84 bits per heavy atom. The van der Waals surface area contributed by atoms with Crippen molar-refractivity contribution in [3.05, 3.63) is 94.6 Å². The van der Waals surface area contributed by atoms with E-state index in [1.54, 1.807) is 33.1 Å². The molecular formula is C39H47NO4. The van der Waals surface area contributed by atoms with Crippen LogP contribution in [0.3, 0.4) is 0 Å². The van der Waals surface area contributed by atoms with E-state index in [4.69, 9.17) is 9.47 Å². The zero-order chi connectivity index (χ0) is 31.4. The molecule has 0 N–H and O–H groups in total. The van der Waals surface area contributed by atoms with Gasteiger partial charge < -0.3 is 14.4 Å². The van der Waals surface area contributed by atoms with Gasteiger partial charge in [-0.2, -0.15) is 0 Å². The Morgan fingerprint density at radius 3 is 2.55 bits per heavy atom. The third-order valence-electron chi connectivity index (χ3n) is 8.47. The molecule has 2 aliphatic rings. The number of methoxy groups -OCH3 is 1. The van der Waals surface area contributed by atoms with Gasteiger partial charge in [0, 0.05) is 50.3 Å². The summed E-state index contributed by atoms with van der Waals surface area (Å²) in [5.74, 6) is 6.79. The first-order valence-electron chi connectivity index (χ1n) is 16.1. The number of aryl methyl sites for hydroxylation is 1. The molecule has 44 heavy (non-hydrogen) atoms. The van der Waals surface area contributed by atoms with Gasteiger partial charge in [0.05, 0.1) is 12.1 Å². The van der Waals surface area contributed by atoms with Gasteiger partial charge in [0.1, 0.15) is 5.75 Å². The molecule has 4 rings (SSSR count). The van der Waals surface area contributed by atoms with E-state index in [1.807, 2.05) is 11.0 Å². The summed E-state index contributed by atoms with van der Waals surface area (Å²) in [6.07, 6.45) is 19.6. The summed E-state index contributed by atoms with van der Waals surface area (Å²) in [6, 6.07) is 13.9. The highest BCUT2D eigenvalue weighted by Gasteiger charge is 2.24. The Balaban J connectivity index is 1.55. The third kappa shape index (κ3) is 9.82. The molecule has 1 amide bonds. The van der Waals surface area contributed by atoms with E-state index in [0.717, 1.165) is 42.3 Å². The Bertz CT molecular complexity index is 1430. The van der Waals surface area contributed by atoms with Crippen molar-refractivity contribution in [3.63, 3.8) is 0 Å². The van der Waals surface area contributed by atoms with E-state index in [1.165, 1.54) is 44.1 Å². The number of allylic oxidation sites excluding steroid dienone is 4. The first kappa shape index (κ1) is 33.0. The zero-order valence-corrected chi connectivity index (χ0v) is 26.9. The van der Waals surface area contributed by atoms with Crippen LogP contribution in [-0.4, -0.2) is 31.6 Å². The third-order valence-corrected chi connectivity index (χ3v) is 8.47. The standard InChI is InChI=1S/C39H47NO4/c1-5-6-10-31-15-18-33(19-16-31)20-17-32-13-9-14-34(22-21-32)28-40(38(42)26-23-30-11-7-8-12-30)36-25-24-35(29-41)37(27-36)44-39(2,3)43-4/h9,14-16,18-19,21-22,24-25,27,29-30H,5-8,10-13,23,26,28H2,1-4H3. The fourth-order valence-electron chi connectivity index (χ4n) is 5.61. The molecule has 0 aromatic heterocycles. The van der Waals surface area contributed by atoms with Crippen molar-refractivity contribution >= 4 is 17.9 Å². The topological polar surface area (TPSA) is 55.8 Å². The summed E-state index contributed by atoms with van der Waals surface area (Å²) < 4.78 is 11.5. The molecule has 5 heteroatoms. The lowest BCUT2D eigenvalue weighted by atomic mass is 10.0. The quantitative estimate of drug-likeness (QED) is 0.132. The molecule has 2 aliphatic carbocycles. The normalized spacial score (nSPS) is 15.1. The number of carbonyl (C=O) groups is 2. The van der Waals surface area contributed by atoms with Crippen LogP contribution in [0.15, 0.2) is 77.9 Å². The highest BCUT2D eigenvalue weighted by Crippen LogP contribution is 2.32. The van der Waals surface area contributed by atoms with E-state index in [0.29, 0.717) is 35.9 Å². The summed E-state index contributed by atoms with van der Waals surface area (Å²) in [5.41, 5.74) is 5.50. The van der Waals surface area contributed by atoms with Crippen molar-refractivity contribution in [3.8, 4) is 17.6 Å². The lowest BCUT2D eigenvalue weighted by molar-refractivity contribution is -0.134. The second-order valence-corrected chi connectivity index (χ2v) is 12.3. The molecule has 232 valence electrons. The number of hydrogen-bond acceptors (Lipinski definition) is 4. The number of anilines is 1. The number of amides is 1. The summed E-state index contributed by atoms with van der Waals surface area (Å²) >= 11 is 0. The molecule has 0 spiro atoms. The number of carbonyl (C=O) groups excluding carboxylic acids is 2. The van der Waals surface area contributed by atoms with Crippen LogP contribution in [0.5, 0.6) is 5.75 Å². The minimum absolute atomic E-state index is 0.0673. The van der Waals surface area contributed by atoms with Gasteiger partial charge in [-0.1, -0.05) is 81.2 Å². The molecule has 1 saturated carbocycles. The molecule has 0 unspecified atom stereocenters. The van der Waals surface area contributed by atoms with Crippen LogP contribution in [0, 0.1) is 17.8 Å². The van der Waals surface area contributed by atoms with Gasteiger partial charge in [-0.15, -0.1) is 0 Å². The molecular weight excluding hydrogens is 546 g/mol. The van der Waals surface area contributed by atoms with E-state index >= 15 is 0 Å². The van der Waals surface area contributed by atoms with Crippen LogP contribution in [0.4, 0.5) is 5.69 Å². The smallest absolute Gasteiger partial charge is 0.227 e. The van der Waals surface area contributed by atoms with E-state index in [-0.39, 0.29) is 5.91 Å². The molecule has 0 bridgehead atoms. The molecule has 2 aromatic carbocycles. The lowest BCUT2D eigenvalue weighted by Gasteiger charge is -2.28. The predicted octanol–water partition coefficient (Wildman–Crippen LogP) is 8.77. The van der Waals surface area contributed by atoms with E-state index in [9.17, 15) is 9.59 Å². The number of aldehydes is 1. The molecule has 0 atom stereocenters. The van der Waals surface area contributed by atoms with Crippen molar-refractivity contribution < 1.29 is 19.1 Å². The minimum atomic E-state index is -0.931. The Hall–Kier alpha value is -3.88. The SMILES string of the molecule is CCCCc1ccc(C#CC2=CC=C(CN(C(=O)CCC3CCCC3)c3ccc(C=O)c(OC(C)(C)OC)c3)C=CC2)cc1. The molecule has 0 heterocycles. The number of rotatable bonds is 13. The fourth-order valence-corrected chi connectivity index (χ4v) is 5.61. The highest BCUT2D eigenvalue weighted by molar-refractivity contribution is 5.95. The zero-order valence-electron chi connectivity index (χ0n) is 26.9. The molecule has 1 fully saturated rings. The van der Waals surface area contributed by atoms with Crippen molar-refractivity contribution in [1.82, 2.24) is 0 Å². The summed E-state index contributed by atoms with van der Waals surface area (Å²) in [4.78, 5) is 27.4. The summed E-state index contributed by atoms with van der Waals surface area (Å²) in [5, 5.41) is 0. The minimum Gasteiger partial charge on any atom is -0.462 e. The second-order valence-electron chi connectivity index (χ2n) is 12.3. The molecule has 0 saturated heterocycles. The molecule has 2 aromatic rings. The second kappa shape index (κ2) is 16.3. The van der Waals surface area contributed by atoms with Crippen LogP contribution >= 0.6 is 0 Å². The number of benzene rings is 2. The maximum absolute atomic E-state index is 13.8. The number of nitrogens with zero attached hydrogens (tertiary/aromatic N) is 1. The van der Waals surface area contributed by atoms with Gasteiger partial charge in [0.25, 0.3) is 0 Å². The van der Waals surface area contributed by atoms with Gasteiger partial charge in [0.2, 0.25) is 11.7 Å². The van der Waals surface area contributed by atoms with E-state index in [2.05, 4.69) is 67.3 Å². The average molecular weight is 594 g/mol. The largest absolute Gasteiger partial charge is 0.462 e. The number of unbranched alkanes of at least 4 members (excludes halogenated alkanes) is 1. The summed E-state index contributed by atoms with van der Waals surface area (Å²) in [7, 11) is 1.56. The van der Waals surface area contributed by atoms with Crippen LogP contribution in [-0.2, 0) is 16.0 Å². The van der Waals surface area contributed by atoms with Gasteiger partial charge in [0.15, 0.2) is 6.29 Å². The maximum Gasteiger partial charge on any atom is 0.227 e. The Kier molecular flexibility index (Phi) is 12.2. The highest BCUT2D eigenvalue weighted by atomic mass is 16.7. The Labute approximate surface area is 264 Å². The monoisotopic (exact) mass is 593 g/mol. The van der Waals surface area contributed by atoms with Crippen LogP contribution < -0.4 is 9.64 Å². The van der Waals surface area contributed by atoms with Crippen LogP contribution in [0.1, 0.15) is 100 Å². The van der Waals surface area contributed by atoms with Gasteiger partial charge >= 0.3 is 0 Å². The summed E-state index contributed by atoms with van der Waals surface area (Å²) in [6.45, 7) is 6.19. The van der Waals surface area contributed by atoms with Crippen molar-refractivity contribution in [2.75, 3.05) is 18.6 Å². The van der Waals surface area contributed by atoms with Gasteiger partial charge in [-0.3, -0.25) is 9.59 Å². The fraction of sp³-hybridized carbons (Fsp3) is 0.436. The average Bonchev–Trinajstić information content (AvgIpc) is 3.46. The Morgan fingerprint density at radius 1 is 1.07 bits per heavy atom. The lowest BCUT2D eigenvalue weighted by Crippen LogP contribution is -2.33. The number of ether oxygens (including phenoxy) is 2. The first-order valence-corrected chi connectivity index (χ1v) is 16.1. The molecule has 0 aliphatic heterocycles. The van der Waals surface area contributed by atoms with Crippen molar-refractivity contribution in [2.24, 2.45) is 5.92 Å². The van der Waals surface area contributed by atoms with E-state index < -0.39 is 5.79 Å². The molecule has 5 nitrogen and oxygen atoms in total. The van der Waals surface area contributed by atoms with Gasteiger partial charge in [-0.25, -0.2) is 0 Å². The van der Waals surface area contributed by atoms with Crippen molar-refractivity contribution in [2.45, 2.75) is 90.8 Å². The first-order chi connectivity index (χ1) is 21.3. The number of hydrogen-bond donors (Lipinski definition) is 0. The van der Waals surface area contributed by atoms with Crippen LogP contribution in [0.25, 0.3) is 0 Å².